The Morgan fingerprint density at radius 3 is 1.83 bits per heavy atom. The van der Waals surface area contributed by atoms with Gasteiger partial charge in [0.15, 0.2) is 0 Å². The first-order valence-corrected chi connectivity index (χ1v) is 8.59. The van der Waals surface area contributed by atoms with Crippen LogP contribution in [-0.4, -0.2) is 37.2 Å². The van der Waals surface area contributed by atoms with Gasteiger partial charge in [0.05, 0.1) is 0 Å². The van der Waals surface area contributed by atoms with Crippen molar-refractivity contribution in [2.45, 2.75) is 51.0 Å². The SMILES string of the molecule is O=C(NCc1cccc(CNC(=O)[C@@H]2CCCO2)c1)[C@@H]1CCCO1. The van der Waals surface area contributed by atoms with Gasteiger partial charge in [0.1, 0.15) is 12.2 Å². The van der Waals surface area contributed by atoms with Gasteiger partial charge >= 0.3 is 0 Å². The van der Waals surface area contributed by atoms with Crippen LogP contribution in [0.15, 0.2) is 24.3 Å². The summed E-state index contributed by atoms with van der Waals surface area (Å²) in [5.74, 6) is -0.103. The first kappa shape index (κ1) is 16.9. The van der Waals surface area contributed by atoms with E-state index in [0.717, 1.165) is 36.8 Å². The zero-order valence-electron chi connectivity index (χ0n) is 13.8. The van der Waals surface area contributed by atoms with Crippen LogP contribution in [0.1, 0.15) is 36.8 Å². The van der Waals surface area contributed by atoms with Gasteiger partial charge in [-0.15, -0.1) is 0 Å². The molecule has 6 nitrogen and oxygen atoms in total. The van der Waals surface area contributed by atoms with Crippen molar-refractivity contribution in [3.05, 3.63) is 35.4 Å². The van der Waals surface area contributed by atoms with E-state index in [1.54, 1.807) is 0 Å². The summed E-state index contributed by atoms with van der Waals surface area (Å²) in [7, 11) is 0. The maximum absolute atomic E-state index is 12.0. The average Bonchev–Trinajstić information content (AvgIpc) is 3.31. The smallest absolute Gasteiger partial charge is 0.249 e. The second-order valence-electron chi connectivity index (χ2n) is 6.26. The van der Waals surface area contributed by atoms with Crippen LogP contribution in [0.4, 0.5) is 0 Å². The van der Waals surface area contributed by atoms with Gasteiger partial charge in [0, 0.05) is 26.3 Å². The highest BCUT2D eigenvalue weighted by atomic mass is 16.5. The Morgan fingerprint density at radius 1 is 0.917 bits per heavy atom. The number of nitrogens with one attached hydrogen (secondary N) is 2. The maximum Gasteiger partial charge on any atom is 0.249 e. The molecule has 2 heterocycles. The Bertz CT molecular complexity index is 531. The summed E-state index contributed by atoms with van der Waals surface area (Å²) in [6, 6.07) is 7.84. The van der Waals surface area contributed by atoms with Gasteiger partial charge in [-0.25, -0.2) is 0 Å². The Hall–Kier alpha value is -1.92. The van der Waals surface area contributed by atoms with Crippen LogP contribution in [0, 0.1) is 0 Å². The predicted octanol–water partition coefficient (Wildman–Crippen LogP) is 1.28. The molecule has 6 heteroatoms. The quantitative estimate of drug-likeness (QED) is 0.823. The van der Waals surface area contributed by atoms with E-state index in [1.165, 1.54) is 0 Å². The van der Waals surface area contributed by atoms with Crippen molar-refractivity contribution in [1.29, 1.82) is 0 Å². The lowest BCUT2D eigenvalue weighted by atomic mass is 10.1. The number of carbonyl (C=O) groups excluding carboxylic acids is 2. The summed E-state index contributed by atoms with van der Waals surface area (Å²) >= 11 is 0. The van der Waals surface area contributed by atoms with E-state index in [0.29, 0.717) is 26.3 Å². The topological polar surface area (TPSA) is 76.7 Å². The molecule has 3 rings (SSSR count). The molecule has 2 amide bonds. The standard InChI is InChI=1S/C18H24N2O4/c21-17(15-6-2-8-23-15)19-11-13-4-1-5-14(10-13)12-20-18(22)16-7-3-9-24-16/h1,4-5,10,15-16H,2-3,6-9,11-12H2,(H,19,21)(H,20,22)/t15-,16-/m0/s1. The third-order valence-corrected chi connectivity index (χ3v) is 4.37. The van der Waals surface area contributed by atoms with Gasteiger partial charge in [-0.2, -0.15) is 0 Å². The van der Waals surface area contributed by atoms with Crippen LogP contribution in [0.5, 0.6) is 0 Å². The molecular weight excluding hydrogens is 308 g/mol. The second-order valence-corrected chi connectivity index (χ2v) is 6.26. The van der Waals surface area contributed by atoms with Crippen LogP contribution in [0.3, 0.4) is 0 Å². The molecule has 2 atom stereocenters. The molecule has 2 saturated heterocycles. The minimum absolute atomic E-state index is 0.0513. The molecule has 0 bridgehead atoms. The van der Waals surface area contributed by atoms with E-state index < -0.39 is 0 Å². The molecule has 130 valence electrons. The van der Waals surface area contributed by atoms with Gasteiger partial charge < -0.3 is 20.1 Å². The average molecular weight is 332 g/mol. The van der Waals surface area contributed by atoms with Crippen LogP contribution in [0.2, 0.25) is 0 Å². The number of benzene rings is 1. The summed E-state index contributed by atoms with van der Waals surface area (Å²) in [6.07, 6.45) is 2.86. The molecule has 2 fully saturated rings. The summed E-state index contributed by atoms with van der Waals surface area (Å²) in [6.45, 7) is 2.26. The number of hydrogen-bond donors (Lipinski definition) is 2. The fourth-order valence-electron chi connectivity index (χ4n) is 3.02. The molecule has 24 heavy (non-hydrogen) atoms. The second kappa shape index (κ2) is 8.26. The minimum Gasteiger partial charge on any atom is -0.368 e. The lowest BCUT2D eigenvalue weighted by Gasteiger charge is -2.12. The van der Waals surface area contributed by atoms with Crippen molar-refractivity contribution in [2.24, 2.45) is 0 Å². The van der Waals surface area contributed by atoms with Gasteiger partial charge in [0.2, 0.25) is 11.8 Å². The highest BCUT2D eigenvalue weighted by Crippen LogP contribution is 2.13. The van der Waals surface area contributed by atoms with Crippen molar-refractivity contribution in [2.75, 3.05) is 13.2 Å². The zero-order valence-corrected chi connectivity index (χ0v) is 13.8. The third kappa shape index (κ3) is 4.55. The fourth-order valence-corrected chi connectivity index (χ4v) is 3.02. The Morgan fingerprint density at radius 2 is 1.42 bits per heavy atom. The van der Waals surface area contributed by atoms with E-state index in [2.05, 4.69) is 10.6 Å². The van der Waals surface area contributed by atoms with Crippen molar-refractivity contribution in [3.8, 4) is 0 Å². The lowest BCUT2D eigenvalue weighted by Crippen LogP contribution is -2.34. The van der Waals surface area contributed by atoms with E-state index in [9.17, 15) is 9.59 Å². The monoisotopic (exact) mass is 332 g/mol. The van der Waals surface area contributed by atoms with Gasteiger partial charge in [-0.1, -0.05) is 24.3 Å². The molecular formula is C18H24N2O4. The molecule has 2 aliphatic heterocycles. The zero-order chi connectivity index (χ0) is 16.8. The molecule has 0 unspecified atom stereocenters. The fraction of sp³-hybridized carbons (Fsp3) is 0.556. The first-order valence-electron chi connectivity index (χ1n) is 8.59. The van der Waals surface area contributed by atoms with Crippen LogP contribution >= 0.6 is 0 Å². The molecule has 0 saturated carbocycles. The summed E-state index contributed by atoms with van der Waals surface area (Å²) in [5, 5.41) is 5.81. The van der Waals surface area contributed by atoms with E-state index in [1.807, 2.05) is 24.3 Å². The van der Waals surface area contributed by atoms with E-state index in [4.69, 9.17) is 9.47 Å². The predicted molar refractivity (Wildman–Crippen MR) is 88.1 cm³/mol. The van der Waals surface area contributed by atoms with Crippen LogP contribution in [0.25, 0.3) is 0 Å². The summed E-state index contributed by atoms with van der Waals surface area (Å²) in [4.78, 5) is 23.9. The number of ether oxygens (including phenoxy) is 2. The number of rotatable bonds is 6. The van der Waals surface area contributed by atoms with Crippen molar-refractivity contribution in [3.63, 3.8) is 0 Å². The van der Waals surface area contributed by atoms with Crippen molar-refractivity contribution >= 4 is 11.8 Å². The Balaban J connectivity index is 1.46. The molecule has 0 spiro atoms. The Labute approximate surface area is 141 Å². The minimum atomic E-state index is -0.307. The highest BCUT2D eigenvalue weighted by Gasteiger charge is 2.24. The number of amides is 2. The molecule has 1 aromatic carbocycles. The van der Waals surface area contributed by atoms with Crippen LogP contribution in [-0.2, 0) is 32.2 Å². The highest BCUT2D eigenvalue weighted by molar-refractivity contribution is 5.81. The normalized spacial score (nSPS) is 23.2. The first-order chi connectivity index (χ1) is 11.7. The van der Waals surface area contributed by atoms with Crippen molar-refractivity contribution < 1.29 is 19.1 Å². The number of hydrogen-bond acceptors (Lipinski definition) is 4. The summed E-state index contributed by atoms with van der Waals surface area (Å²) in [5.41, 5.74) is 2.01. The maximum atomic E-state index is 12.0. The third-order valence-electron chi connectivity index (χ3n) is 4.37. The molecule has 2 aliphatic rings. The molecule has 2 N–H and O–H groups in total. The lowest BCUT2D eigenvalue weighted by molar-refractivity contribution is -0.130. The number of carbonyl (C=O) groups is 2. The molecule has 0 aromatic heterocycles. The molecule has 1 aromatic rings. The van der Waals surface area contributed by atoms with Gasteiger partial charge in [0.25, 0.3) is 0 Å². The largest absolute Gasteiger partial charge is 0.368 e. The summed E-state index contributed by atoms with van der Waals surface area (Å²) < 4.78 is 10.7. The molecule has 0 radical (unpaired) electrons. The van der Waals surface area contributed by atoms with Gasteiger partial charge in [-0.05, 0) is 36.8 Å². The van der Waals surface area contributed by atoms with Crippen molar-refractivity contribution in [1.82, 2.24) is 10.6 Å². The van der Waals surface area contributed by atoms with Crippen LogP contribution < -0.4 is 10.6 Å². The Kier molecular flexibility index (Phi) is 5.82. The van der Waals surface area contributed by atoms with E-state index >= 15 is 0 Å². The van der Waals surface area contributed by atoms with Gasteiger partial charge in [-0.3, -0.25) is 9.59 Å². The van der Waals surface area contributed by atoms with E-state index in [-0.39, 0.29) is 24.0 Å². The molecule has 0 aliphatic carbocycles.